The highest BCUT2D eigenvalue weighted by Gasteiger charge is 2.15. The second kappa shape index (κ2) is 9.54. The van der Waals surface area contributed by atoms with E-state index in [2.05, 4.69) is 66.7 Å². The lowest BCUT2D eigenvalue weighted by Crippen LogP contribution is -2.00. The van der Waals surface area contributed by atoms with E-state index < -0.39 is 0 Å². The smallest absolute Gasteiger partial charge is 0.164 e. The SMILES string of the molecule is c1ccc(-c2nc(-c3ccccc3)nc(-c3cccc(-c4cccc5c4ccc4c6ccccc6oc54)c3)n2)cc1. The molecule has 0 aliphatic carbocycles. The second-order valence-electron chi connectivity index (χ2n) is 10.1. The fourth-order valence-electron chi connectivity index (χ4n) is 5.56. The van der Waals surface area contributed by atoms with Gasteiger partial charge in [-0.05, 0) is 34.7 Å². The molecule has 6 aromatic carbocycles. The van der Waals surface area contributed by atoms with E-state index in [1.165, 1.54) is 0 Å². The van der Waals surface area contributed by atoms with Gasteiger partial charge in [0.15, 0.2) is 17.5 Å². The molecule has 0 saturated carbocycles. The molecule has 2 heterocycles. The van der Waals surface area contributed by atoms with Crippen LogP contribution >= 0.6 is 0 Å². The quantitative estimate of drug-likeness (QED) is 0.230. The molecule has 0 N–H and O–H groups in total. The van der Waals surface area contributed by atoms with Gasteiger partial charge in [-0.15, -0.1) is 0 Å². The Morgan fingerprint density at radius 2 is 0.878 bits per heavy atom. The molecule has 8 aromatic rings. The Labute approximate surface area is 236 Å². The molecule has 0 bridgehead atoms. The highest BCUT2D eigenvalue weighted by Crippen LogP contribution is 2.38. The van der Waals surface area contributed by atoms with Crippen molar-refractivity contribution in [2.75, 3.05) is 0 Å². The van der Waals surface area contributed by atoms with E-state index in [0.29, 0.717) is 17.5 Å². The third-order valence-electron chi connectivity index (χ3n) is 7.53. The van der Waals surface area contributed by atoms with Gasteiger partial charge in [0.05, 0.1) is 0 Å². The van der Waals surface area contributed by atoms with E-state index in [4.69, 9.17) is 19.4 Å². The molecule has 4 nitrogen and oxygen atoms in total. The monoisotopic (exact) mass is 525 g/mol. The van der Waals surface area contributed by atoms with Gasteiger partial charge in [-0.3, -0.25) is 0 Å². The summed E-state index contributed by atoms with van der Waals surface area (Å²) in [5.74, 6) is 1.94. The highest BCUT2D eigenvalue weighted by molar-refractivity contribution is 6.17. The maximum Gasteiger partial charge on any atom is 0.164 e. The molecule has 8 rings (SSSR count). The van der Waals surface area contributed by atoms with E-state index in [9.17, 15) is 0 Å². The molecule has 0 fully saturated rings. The van der Waals surface area contributed by atoms with Crippen molar-refractivity contribution in [3.05, 3.63) is 140 Å². The maximum absolute atomic E-state index is 6.33. The molecule has 0 unspecified atom stereocenters. The van der Waals surface area contributed by atoms with Gasteiger partial charge in [0.25, 0.3) is 0 Å². The zero-order valence-electron chi connectivity index (χ0n) is 22.0. The molecule has 2 aromatic heterocycles. The molecule has 4 heteroatoms. The zero-order valence-corrected chi connectivity index (χ0v) is 22.0. The van der Waals surface area contributed by atoms with Gasteiger partial charge < -0.3 is 4.42 Å². The van der Waals surface area contributed by atoms with Crippen molar-refractivity contribution in [3.63, 3.8) is 0 Å². The summed E-state index contributed by atoms with van der Waals surface area (Å²) in [6.45, 7) is 0. The van der Waals surface area contributed by atoms with Crippen LogP contribution in [0.25, 0.3) is 78.0 Å². The van der Waals surface area contributed by atoms with Crippen LogP contribution < -0.4 is 0 Å². The van der Waals surface area contributed by atoms with Crippen molar-refractivity contribution in [2.45, 2.75) is 0 Å². The molecule has 0 spiro atoms. The number of hydrogen-bond donors (Lipinski definition) is 0. The predicted octanol–water partition coefficient (Wildman–Crippen LogP) is 9.59. The van der Waals surface area contributed by atoms with E-state index in [1.807, 2.05) is 72.8 Å². The van der Waals surface area contributed by atoms with Crippen LogP contribution in [0.15, 0.2) is 144 Å². The topological polar surface area (TPSA) is 51.8 Å². The Morgan fingerprint density at radius 3 is 1.61 bits per heavy atom. The van der Waals surface area contributed by atoms with Gasteiger partial charge in [-0.2, -0.15) is 0 Å². The van der Waals surface area contributed by atoms with E-state index in [0.717, 1.165) is 60.5 Å². The van der Waals surface area contributed by atoms with Crippen LogP contribution in [0.3, 0.4) is 0 Å². The minimum Gasteiger partial charge on any atom is -0.455 e. The lowest BCUT2D eigenvalue weighted by Gasteiger charge is -2.11. The summed E-state index contributed by atoms with van der Waals surface area (Å²) in [5, 5.41) is 4.50. The fraction of sp³-hybridized carbons (Fsp3) is 0. The summed E-state index contributed by atoms with van der Waals surface area (Å²) < 4.78 is 6.33. The Bertz CT molecular complexity index is 2140. The number of benzene rings is 6. The number of rotatable bonds is 4. The largest absolute Gasteiger partial charge is 0.455 e. The van der Waals surface area contributed by atoms with E-state index in [-0.39, 0.29) is 0 Å². The van der Waals surface area contributed by atoms with Gasteiger partial charge in [0.1, 0.15) is 11.2 Å². The molecule has 0 radical (unpaired) electrons. The van der Waals surface area contributed by atoms with Crippen molar-refractivity contribution >= 4 is 32.7 Å². The summed E-state index contributed by atoms with van der Waals surface area (Å²) in [5.41, 5.74) is 6.88. The van der Waals surface area contributed by atoms with Crippen LogP contribution in [0.1, 0.15) is 0 Å². The van der Waals surface area contributed by atoms with Crippen molar-refractivity contribution in [1.29, 1.82) is 0 Å². The predicted molar refractivity (Wildman–Crippen MR) is 166 cm³/mol. The van der Waals surface area contributed by atoms with Gasteiger partial charge in [-0.25, -0.2) is 15.0 Å². The number of nitrogens with zero attached hydrogens (tertiary/aromatic N) is 3. The molecular weight excluding hydrogens is 502 g/mol. The molecule has 192 valence electrons. The molecule has 0 saturated heterocycles. The van der Waals surface area contributed by atoms with Crippen LogP contribution in [0.5, 0.6) is 0 Å². The van der Waals surface area contributed by atoms with E-state index >= 15 is 0 Å². The Kier molecular flexibility index (Phi) is 5.42. The van der Waals surface area contributed by atoms with Crippen molar-refractivity contribution in [2.24, 2.45) is 0 Å². The zero-order chi connectivity index (χ0) is 27.2. The Balaban J connectivity index is 1.29. The molecule has 0 amide bonds. The fourth-order valence-corrected chi connectivity index (χ4v) is 5.56. The first-order valence-electron chi connectivity index (χ1n) is 13.6. The lowest BCUT2D eigenvalue weighted by molar-refractivity contribution is 0.672. The summed E-state index contributed by atoms with van der Waals surface area (Å²) >= 11 is 0. The van der Waals surface area contributed by atoms with Gasteiger partial charge in [-0.1, -0.05) is 121 Å². The van der Waals surface area contributed by atoms with Crippen LogP contribution in [-0.2, 0) is 0 Å². The number of aromatic nitrogens is 3. The standard InChI is InChI=1S/C37H23N3O/c1-3-11-24(12-4-1)35-38-36(25-13-5-2-6-14-25)40-37(39-35)27-16-9-15-26(23-27)28-18-10-19-31-29(28)21-22-32-30-17-7-8-20-33(30)41-34(31)32/h1-23H. The Hall–Kier alpha value is -5.61. The van der Waals surface area contributed by atoms with Crippen molar-refractivity contribution < 1.29 is 4.42 Å². The normalized spacial score (nSPS) is 11.4. The second-order valence-corrected chi connectivity index (χ2v) is 10.1. The first-order valence-corrected chi connectivity index (χ1v) is 13.6. The summed E-state index contributed by atoms with van der Waals surface area (Å²) in [6.07, 6.45) is 0. The van der Waals surface area contributed by atoms with Gasteiger partial charge in [0.2, 0.25) is 0 Å². The highest BCUT2D eigenvalue weighted by atomic mass is 16.3. The van der Waals surface area contributed by atoms with Crippen molar-refractivity contribution in [3.8, 4) is 45.3 Å². The third-order valence-corrected chi connectivity index (χ3v) is 7.53. The van der Waals surface area contributed by atoms with Gasteiger partial charge >= 0.3 is 0 Å². The molecular formula is C37H23N3O. The summed E-state index contributed by atoms with van der Waals surface area (Å²) in [7, 11) is 0. The molecule has 0 aliphatic rings. The van der Waals surface area contributed by atoms with Gasteiger partial charge in [0, 0.05) is 32.8 Å². The molecule has 0 aliphatic heterocycles. The van der Waals surface area contributed by atoms with Crippen molar-refractivity contribution in [1.82, 2.24) is 15.0 Å². The average molecular weight is 526 g/mol. The number of para-hydroxylation sites is 1. The maximum atomic E-state index is 6.33. The average Bonchev–Trinajstić information content (AvgIpc) is 3.44. The summed E-state index contributed by atoms with van der Waals surface area (Å²) in [4.78, 5) is 14.7. The van der Waals surface area contributed by atoms with Crippen LogP contribution in [-0.4, -0.2) is 15.0 Å². The lowest BCUT2D eigenvalue weighted by atomic mass is 9.95. The van der Waals surface area contributed by atoms with Crippen LogP contribution in [0.2, 0.25) is 0 Å². The Morgan fingerprint density at radius 1 is 0.366 bits per heavy atom. The minimum atomic E-state index is 0.638. The van der Waals surface area contributed by atoms with Crippen LogP contribution in [0.4, 0.5) is 0 Å². The third kappa shape index (κ3) is 4.05. The minimum absolute atomic E-state index is 0.638. The first-order chi connectivity index (χ1) is 20.3. The number of hydrogen-bond acceptors (Lipinski definition) is 4. The number of fused-ring (bicyclic) bond motifs is 5. The van der Waals surface area contributed by atoms with Crippen LogP contribution in [0, 0.1) is 0 Å². The molecule has 41 heavy (non-hydrogen) atoms. The molecule has 0 atom stereocenters. The summed E-state index contributed by atoms with van der Waals surface area (Å²) in [6, 6.07) is 47.5. The number of furan rings is 1. The first kappa shape index (κ1) is 23.3. The van der Waals surface area contributed by atoms with E-state index in [1.54, 1.807) is 0 Å².